The van der Waals surface area contributed by atoms with E-state index in [1.807, 2.05) is 5.38 Å². The number of oxime groups is 1. The Labute approximate surface area is 231 Å². The Morgan fingerprint density at radius 2 is 1.87 bits per heavy atom. The number of thiazole rings is 1. The molecule has 0 radical (unpaired) electrons. The second-order valence-corrected chi connectivity index (χ2v) is 11.0. The summed E-state index contributed by atoms with van der Waals surface area (Å²) in [6, 6.07) is 4.28. The van der Waals surface area contributed by atoms with E-state index in [-0.39, 0.29) is 28.1 Å². The molecule has 2 aliphatic heterocycles. The minimum Gasteiger partial charge on any atom is -0.385 e. The maximum Gasteiger partial charge on any atom is 0.421 e. The van der Waals surface area contributed by atoms with Crippen LogP contribution >= 0.6 is 27.3 Å². The molecule has 14 heteroatoms. The van der Waals surface area contributed by atoms with Gasteiger partial charge in [0.2, 0.25) is 5.91 Å². The van der Waals surface area contributed by atoms with Gasteiger partial charge < -0.3 is 14.3 Å². The fourth-order valence-electron chi connectivity index (χ4n) is 4.63. The van der Waals surface area contributed by atoms with Crippen LogP contribution < -0.4 is 5.56 Å². The molecule has 1 unspecified atom stereocenters. The van der Waals surface area contributed by atoms with Crippen LogP contribution in [0.2, 0.25) is 0 Å². The average molecular weight is 631 g/mol. The summed E-state index contributed by atoms with van der Waals surface area (Å²) in [5.41, 5.74) is -2.07. The zero-order valence-corrected chi connectivity index (χ0v) is 22.5. The number of benzene rings is 1. The van der Waals surface area contributed by atoms with Crippen LogP contribution in [0.5, 0.6) is 0 Å². The first kappa shape index (κ1) is 27.4. The Bertz CT molecular complexity index is 1480. The van der Waals surface area contributed by atoms with E-state index in [9.17, 15) is 31.5 Å². The van der Waals surface area contributed by atoms with Crippen molar-refractivity contribution in [3.8, 4) is 0 Å². The molecule has 1 fully saturated rings. The quantitative estimate of drug-likeness (QED) is 0.342. The third-order valence-electron chi connectivity index (χ3n) is 6.65. The highest BCUT2D eigenvalue weighted by Gasteiger charge is 2.36. The molecule has 39 heavy (non-hydrogen) atoms. The van der Waals surface area contributed by atoms with Gasteiger partial charge in [0.1, 0.15) is 23.7 Å². The number of aromatic nitrogens is 2. The lowest BCUT2D eigenvalue weighted by atomic mass is 9.97. The Morgan fingerprint density at radius 3 is 2.54 bits per heavy atom. The van der Waals surface area contributed by atoms with Gasteiger partial charge in [-0.05, 0) is 47.0 Å². The van der Waals surface area contributed by atoms with Crippen LogP contribution in [0.4, 0.5) is 22.0 Å². The van der Waals surface area contributed by atoms with E-state index in [0.29, 0.717) is 37.7 Å². The van der Waals surface area contributed by atoms with Crippen LogP contribution in [0.3, 0.4) is 0 Å². The zero-order valence-electron chi connectivity index (χ0n) is 20.1. The summed E-state index contributed by atoms with van der Waals surface area (Å²) in [5.74, 6) is -1.84. The van der Waals surface area contributed by atoms with Crippen molar-refractivity contribution in [2.45, 2.75) is 44.0 Å². The molecule has 0 spiro atoms. The molecule has 1 saturated heterocycles. The third-order valence-corrected chi connectivity index (χ3v) is 8.11. The number of hydrogen-bond acceptors (Lipinski definition) is 6. The first-order valence-corrected chi connectivity index (χ1v) is 13.6. The molecule has 4 heterocycles. The fourth-order valence-corrected chi connectivity index (χ4v) is 6.14. The number of likely N-dealkylation sites (tertiary alicyclic amines) is 1. The van der Waals surface area contributed by atoms with Gasteiger partial charge in [-0.1, -0.05) is 11.2 Å². The minimum absolute atomic E-state index is 0.0447. The van der Waals surface area contributed by atoms with Gasteiger partial charge in [-0.15, -0.1) is 11.3 Å². The highest BCUT2D eigenvalue weighted by atomic mass is 79.9. The lowest BCUT2D eigenvalue weighted by Gasteiger charge is -2.31. The highest BCUT2D eigenvalue weighted by Crippen LogP contribution is 2.36. The van der Waals surface area contributed by atoms with E-state index in [1.54, 1.807) is 0 Å². The SMILES string of the molecule is O=C(Cn1cc(Br)cc(C(F)(F)F)c1=O)N1CCC(c2nc(C3CC(c4c(F)cccc4F)=NO3)cs2)CC1. The van der Waals surface area contributed by atoms with E-state index >= 15 is 0 Å². The van der Waals surface area contributed by atoms with Crippen LogP contribution in [0.1, 0.15) is 53.1 Å². The van der Waals surface area contributed by atoms with Gasteiger partial charge in [-0.3, -0.25) is 9.59 Å². The number of carbonyl (C=O) groups excluding carboxylic acids is 1. The number of carbonyl (C=O) groups is 1. The molecule has 0 bridgehead atoms. The van der Waals surface area contributed by atoms with Crippen molar-refractivity contribution in [1.82, 2.24) is 14.5 Å². The van der Waals surface area contributed by atoms with Gasteiger partial charge in [0.05, 0.1) is 22.0 Å². The van der Waals surface area contributed by atoms with Crippen molar-refractivity contribution >= 4 is 38.9 Å². The maximum absolute atomic E-state index is 14.1. The number of amides is 1. The Morgan fingerprint density at radius 1 is 1.18 bits per heavy atom. The molecule has 3 aromatic rings. The summed E-state index contributed by atoms with van der Waals surface area (Å²) in [5, 5.41) is 6.50. The molecule has 0 aliphatic carbocycles. The molecule has 0 N–H and O–H groups in total. The van der Waals surface area contributed by atoms with Gasteiger partial charge in [0, 0.05) is 41.5 Å². The average Bonchev–Trinajstić information content (AvgIpc) is 3.56. The number of halogens is 6. The third kappa shape index (κ3) is 5.76. The first-order valence-electron chi connectivity index (χ1n) is 11.9. The van der Waals surface area contributed by atoms with E-state index < -0.39 is 47.5 Å². The number of pyridine rings is 1. The molecule has 2 aliphatic rings. The van der Waals surface area contributed by atoms with Crippen molar-refractivity contribution in [2.75, 3.05) is 13.1 Å². The first-order chi connectivity index (χ1) is 18.5. The molecule has 0 saturated carbocycles. The van der Waals surface area contributed by atoms with Gasteiger partial charge in [-0.2, -0.15) is 13.2 Å². The lowest BCUT2D eigenvalue weighted by molar-refractivity contribution is -0.140. The molecule has 1 amide bonds. The monoisotopic (exact) mass is 630 g/mol. The smallest absolute Gasteiger partial charge is 0.385 e. The molecule has 7 nitrogen and oxygen atoms in total. The molecular weight excluding hydrogens is 611 g/mol. The predicted molar refractivity (Wildman–Crippen MR) is 135 cm³/mol. The standard InChI is InChI=1S/C25H20BrF5N4O3S/c26-14-8-15(25(29,30)31)24(37)35(10-14)11-21(36)34-6-4-13(5-7-34)23-32-19(12-39-23)20-9-18(33-38-20)22-16(27)2-1-3-17(22)28/h1-3,8,10,12-13,20H,4-7,9,11H2. The molecule has 206 valence electrons. The second kappa shape index (κ2) is 10.8. The second-order valence-electron chi connectivity index (χ2n) is 9.20. The minimum atomic E-state index is -4.83. The maximum atomic E-state index is 14.1. The van der Waals surface area contributed by atoms with Crippen LogP contribution in [0, 0.1) is 11.6 Å². The Kier molecular flexibility index (Phi) is 7.60. The van der Waals surface area contributed by atoms with E-state index in [1.165, 1.54) is 28.5 Å². The highest BCUT2D eigenvalue weighted by molar-refractivity contribution is 9.10. The summed E-state index contributed by atoms with van der Waals surface area (Å²) in [6.07, 6.45) is -2.92. The normalized spacial score (nSPS) is 18.3. The van der Waals surface area contributed by atoms with Crippen LogP contribution in [-0.2, 0) is 22.4 Å². The summed E-state index contributed by atoms with van der Waals surface area (Å²) in [4.78, 5) is 36.6. The van der Waals surface area contributed by atoms with Gasteiger partial charge in [0.15, 0.2) is 6.10 Å². The molecular formula is C25H20BrF5N4O3S. The van der Waals surface area contributed by atoms with Crippen LogP contribution in [-0.4, -0.2) is 39.2 Å². The molecule has 5 rings (SSSR count). The number of nitrogens with zero attached hydrogens (tertiary/aromatic N) is 4. The summed E-state index contributed by atoms with van der Waals surface area (Å²) in [7, 11) is 0. The van der Waals surface area contributed by atoms with Crippen molar-refractivity contribution in [3.05, 3.63) is 84.1 Å². The summed E-state index contributed by atoms with van der Waals surface area (Å²) < 4.78 is 68.5. The fraction of sp³-hybridized carbons (Fsp3) is 0.360. The van der Waals surface area contributed by atoms with Gasteiger partial charge in [-0.25, -0.2) is 13.8 Å². The largest absolute Gasteiger partial charge is 0.421 e. The van der Waals surface area contributed by atoms with Gasteiger partial charge in [0.25, 0.3) is 5.56 Å². The molecule has 1 atom stereocenters. The topological polar surface area (TPSA) is 76.8 Å². The molecule has 1 aromatic carbocycles. The van der Waals surface area contributed by atoms with E-state index in [2.05, 4.69) is 26.1 Å². The van der Waals surface area contributed by atoms with E-state index in [4.69, 9.17) is 4.84 Å². The summed E-state index contributed by atoms with van der Waals surface area (Å²) >= 11 is 4.38. The van der Waals surface area contributed by atoms with Crippen LogP contribution in [0.15, 0.2) is 50.3 Å². The Balaban J connectivity index is 1.19. The number of hydrogen-bond donors (Lipinski definition) is 0. The molecule has 2 aromatic heterocycles. The number of rotatable bonds is 5. The van der Waals surface area contributed by atoms with Crippen molar-refractivity contribution in [1.29, 1.82) is 0 Å². The van der Waals surface area contributed by atoms with Gasteiger partial charge >= 0.3 is 6.18 Å². The van der Waals surface area contributed by atoms with Crippen molar-refractivity contribution in [3.63, 3.8) is 0 Å². The zero-order chi connectivity index (χ0) is 27.9. The lowest BCUT2D eigenvalue weighted by Crippen LogP contribution is -2.41. The Hall–Kier alpha value is -3.13. The number of alkyl halides is 3. The van der Waals surface area contributed by atoms with Crippen molar-refractivity contribution in [2.24, 2.45) is 5.16 Å². The van der Waals surface area contributed by atoms with E-state index in [0.717, 1.165) is 21.7 Å². The summed E-state index contributed by atoms with van der Waals surface area (Å²) in [6.45, 7) is 0.206. The van der Waals surface area contributed by atoms with Crippen molar-refractivity contribution < 1.29 is 31.6 Å². The van der Waals surface area contributed by atoms with Crippen LogP contribution in [0.25, 0.3) is 0 Å². The number of piperidine rings is 1. The predicted octanol–water partition coefficient (Wildman–Crippen LogP) is 5.64.